The summed E-state index contributed by atoms with van der Waals surface area (Å²) in [5, 5.41) is 7.24. The first-order valence-corrected chi connectivity index (χ1v) is 2.17. The Balaban J connectivity index is 3.14. The molecule has 0 aromatic carbocycles. The molecule has 0 saturated heterocycles. The van der Waals surface area contributed by atoms with E-state index in [1.807, 2.05) is 6.92 Å². The lowest BCUT2D eigenvalue weighted by Gasteiger charge is -1.83. The minimum absolute atomic E-state index is 0.663. The molecule has 0 rings (SSSR count). The third-order valence-corrected chi connectivity index (χ3v) is 0.482. The molecule has 0 bridgehead atoms. The van der Waals surface area contributed by atoms with Crippen molar-refractivity contribution in [3.05, 3.63) is 12.2 Å². The van der Waals surface area contributed by atoms with Gasteiger partial charge in [-0.2, -0.15) is 10.2 Å². The van der Waals surface area contributed by atoms with Crippen LogP contribution in [-0.2, 0) is 0 Å². The third-order valence-electron chi connectivity index (χ3n) is 0.482. The Morgan fingerprint density at radius 1 is 1.71 bits per heavy atom. The summed E-state index contributed by atoms with van der Waals surface area (Å²) in [6, 6.07) is 0. The van der Waals surface area contributed by atoms with Crippen molar-refractivity contribution >= 4 is 0 Å². The molecule has 7 heavy (non-hydrogen) atoms. The lowest BCUT2D eigenvalue weighted by atomic mass is 10.4. The molecule has 0 aliphatic carbocycles. The molecule has 0 atom stereocenters. The molecule has 0 aliphatic rings. The number of hydrogen-bond donors (Lipinski definition) is 0. The smallest absolute Gasteiger partial charge is 0.0803 e. The molecule has 0 heterocycles. The zero-order valence-corrected chi connectivity index (χ0v) is 4.81. The van der Waals surface area contributed by atoms with Gasteiger partial charge in [0.2, 0.25) is 0 Å². The summed E-state index contributed by atoms with van der Waals surface area (Å²) < 4.78 is 0. The second-order valence-corrected chi connectivity index (χ2v) is 1.46. The zero-order valence-electron chi connectivity index (χ0n) is 4.81. The van der Waals surface area contributed by atoms with Gasteiger partial charge in [-0.1, -0.05) is 12.2 Å². The van der Waals surface area contributed by atoms with Crippen molar-refractivity contribution in [3.8, 4) is 0 Å². The predicted octanol–water partition coefficient (Wildman–Crippen LogP) is 1.64. The van der Waals surface area contributed by atoms with Crippen LogP contribution >= 0.6 is 0 Å². The van der Waals surface area contributed by atoms with Crippen molar-refractivity contribution in [2.45, 2.75) is 6.92 Å². The van der Waals surface area contributed by atoms with Crippen molar-refractivity contribution in [1.29, 1.82) is 0 Å². The first-order valence-electron chi connectivity index (χ1n) is 2.17. The number of hydrogen-bond acceptors (Lipinski definition) is 2. The van der Waals surface area contributed by atoms with Crippen LogP contribution < -0.4 is 0 Å². The van der Waals surface area contributed by atoms with Crippen LogP contribution in [0.5, 0.6) is 0 Å². The van der Waals surface area contributed by atoms with E-state index in [2.05, 4.69) is 16.8 Å². The molecular formula is C5H10N2. The van der Waals surface area contributed by atoms with Gasteiger partial charge in [0.15, 0.2) is 0 Å². The summed E-state index contributed by atoms with van der Waals surface area (Å²) in [6.45, 7) is 6.23. The molecule has 40 valence electrons. The van der Waals surface area contributed by atoms with Gasteiger partial charge in [-0.15, -0.1) is 0 Å². The largest absolute Gasteiger partial charge is 0.197 e. The maximum Gasteiger partial charge on any atom is 0.0803 e. The van der Waals surface area contributed by atoms with Gasteiger partial charge < -0.3 is 0 Å². The lowest BCUT2D eigenvalue weighted by molar-refractivity contribution is 0.992. The Morgan fingerprint density at radius 2 is 2.29 bits per heavy atom. The quantitative estimate of drug-likeness (QED) is 0.370. The summed E-state index contributed by atoms with van der Waals surface area (Å²) in [5.74, 6) is 0. The molecule has 2 heteroatoms. The highest BCUT2D eigenvalue weighted by atomic mass is 15.1. The Hall–Kier alpha value is -0.660. The molecule has 0 unspecified atom stereocenters. The molecule has 2 nitrogen and oxygen atoms in total. The molecule has 0 fully saturated rings. The molecule has 0 N–H and O–H groups in total. The fourth-order valence-corrected chi connectivity index (χ4v) is 0.191. The molecule has 0 aromatic rings. The monoisotopic (exact) mass is 98.1 g/mol. The van der Waals surface area contributed by atoms with Crippen LogP contribution in [0.15, 0.2) is 22.4 Å². The van der Waals surface area contributed by atoms with Crippen molar-refractivity contribution in [2.75, 3.05) is 13.6 Å². The van der Waals surface area contributed by atoms with Gasteiger partial charge in [0.05, 0.1) is 6.54 Å². The normalized spacial score (nSPS) is 10.0. The average molecular weight is 98.1 g/mol. The first kappa shape index (κ1) is 6.34. The number of azo groups is 1. The van der Waals surface area contributed by atoms with Gasteiger partial charge in [-0.05, 0) is 6.92 Å². The summed E-state index contributed by atoms with van der Waals surface area (Å²) >= 11 is 0. The van der Waals surface area contributed by atoms with E-state index in [1.165, 1.54) is 0 Å². The topological polar surface area (TPSA) is 24.7 Å². The van der Waals surface area contributed by atoms with Gasteiger partial charge >= 0.3 is 0 Å². The van der Waals surface area contributed by atoms with Crippen molar-refractivity contribution in [2.24, 2.45) is 10.2 Å². The van der Waals surface area contributed by atoms with E-state index in [4.69, 9.17) is 0 Å². The van der Waals surface area contributed by atoms with E-state index in [0.29, 0.717) is 6.54 Å². The Bertz CT molecular complexity index is 84.1. The van der Waals surface area contributed by atoms with Crippen LogP contribution in [0.1, 0.15) is 6.92 Å². The number of nitrogens with zero attached hydrogens (tertiary/aromatic N) is 2. The maximum absolute atomic E-state index is 3.70. The van der Waals surface area contributed by atoms with Crippen LogP contribution in [0, 0.1) is 0 Å². The Kier molecular flexibility index (Phi) is 3.19. The molecule has 0 radical (unpaired) electrons. The Labute approximate surface area is 44.0 Å². The van der Waals surface area contributed by atoms with Gasteiger partial charge in [0, 0.05) is 7.05 Å². The van der Waals surface area contributed by atoms with Crippen molar-refractivity contribution in [3.63, 3.8) is 0 Å². The van der Waals surface area contributed by atoms with Gasteiger partial charge in [-0.25, -0.2) is 0 Å². The van der Waals surface area contributed by atoms with E-state index in [0.717, 1.165) is 5.57 Å². The van der Waals surface area contributed by atoms with Crippen LogP contribution in [0.2, 0.25) is 0 Å². The van der Waals surface area contributed by atoms with Gasteiger partial charge in [0.1, 0.15) is 0 Å². The van der Waals surface area contributed by atoms with Crippen LogP contribution in [0.25, 0.3) is 0 Å². The van der Waals surface area contributed by atoms with E-state index < -0.39 is 0 Å². The first-order chi connectivity index (χ1) is 3.27. The second kappa shape index (κ2) is 3.53. The summed E-state index contributed by atoms with van der Waals surface area (Å²) in [7, 11) is 1.66. The SMILES string of the molecule is C=C(C)CN=NC. The minimum Gasteiger partial charge on any atom is -0.197 e. The van der Waals surface area contributed by atoms with Crippen molar-refractivity contribution < 1.29 is 0 Å². The molecular weight excluding hydrogens is 88.1 g/mol. The lowest BCUT2D eigenvalue weighted by Crippen LogP contribution is -1.75. The standard InChI is InChI=1S/C5H10N2/c1-5(2)4-7-6-3/h1,4H2,2-3H3. The fraction of sp³-hybridized carbons (Fsp3) is 0.600. The maximum atomic E-state index is 3.70. The fourth-order valence-electron chi connectivity index (χ4n) is 0.191. The molecule has 0 saturated carbocycles. The third kappa shape index (κ3) is 5.34. The average Bonchev–Trinajstić information content (AvgIpc) is 1.61. The summed E-state index contributed by atoms with van der Waals surface area (Å²) in [5.41, 5.74) is 1.05. The van der Waals surface area contributed by atoms with E-state index in [1.54, 1.807) is 7.05 Å². The highest BCUT2D eigenvalue weighted by molar-refractivity contribution is 4.89. The van der Waals surface area contributed by atoms with Crippen LogP contribution in [0.3, 0.4) is 0 Å². The minimum atomic E-state index is 0.663. The highest BCUT2D eigenvalue weighted by Gasteiger charge is 1.75. The summed E-state index contributed by atoms with van der Waals surface area (Å²) in [4.78, 5) is 0. The predicted molar refractivity (Wildman–Crippen MR) is 30.5 cm³/mol. The summed E-state index contributed by atoms with van der Waals surface area (Å²) in [6.07, 6.45) is 0. The Morgan fingerprint density at radius 3 is 2.43 bits per heavy atom. The highest BCUT2D eigenvalue weighted by Crippen LogP contribution is 1.85. The number of rotatable bonds is 2. The van der Waals surface area contributed by atoms with Crippen molar-refractivity contribution in [1.82, 2.24) is 0 Å². The molecule has 0 aromatic heterocycles. The molecule has 0 spiro atoms. The van der Waals surface area contributed by atoms with Crippen LogP contribution in [-0.4, -0.2) is 13.6 Å². The van der Waals surface area contributed by atoms with Gasteiger partial charge in [0.25, 0.3) is 0 Å². The zero-order chi connectivity index (χ0) is 5.70. The second-order valence-electron chi connectivity index (χ2n) is 1.46. The van der Waals surface area contributed by atoms with Gasteiger partial charge in [-0.3, -0.25) is 0 Å². The van der Waals surface area contributed by atoms with E-state index in [-0.39, 0.29) is 0 Å². The molecule has 0 amide bonds. The molecule has 0 aliphatic heterocycles. The van der Waals surface area contributed by atoms with E-state index in [9.17, 15) is 0 Å². The van der Waals surface area contributed by atoms with Crippen LogP contribution in [0.4, 0.5) is 0 Å². The van der Waals surface area contributed by atoms with E-state index >= 15 is 0 Å².